The summed E-state index contributed by atoms with van der Waals surface area (Å²) in [6.45, 7) is 8.32. The number of rotatable bonds is 3. The van der Waals surface area contributed by atoms with Crippen molar-refractivity contribution in [3.05, 3.63) is 28.8 Å². The molecule has 0 aliphatic rings. The second-order valence-electron chi connectivity index (χ2n) is 5.31. The second kappa shape index (κ2) is 4.88. The molecule has 1 rings (SSSR count). The van der Waals surface area contributed by atoms with E-state index >= 15 is 0 Å². The summed E-state index contributed by atoms with van der Waals surface area (Å²) < 4.78 is 0. The highest BCUT2D eigenvalue weighted by atomic mass is 16.3. The number of phenolic OH excluding ortho intramolecular Hbond substituents is 1. The van der Waals surface area contributed by atoms with Crippen LogP contribution in [0.5, 0.6) is 5.75 Å². The van der Waals surface area contributed by atoms with Crippen LogP contribution in [0.2, 0.25) is 0 Å². The molecule has 2 N–H and O–H groups in total. The summed E-state index contributed by atoms with van der Waals surface area (Å²) in [5, 5.41) is 19.4. The van der Waals surface area contributed by atoms with Gasteiger partial charge < -0.3 is 10.2 Å². The Balaban J connectivity index is 3.31. The van der Waals surface area contributed by atoms with E-state index in [9.17, 15) is 10.2 Å². The summed E-state index contributed by atoms with van der Waals surface area (Å²) in [5.74, 6) is 0.395. The van der Waals surface area contributed by atoms with Crippen molar-refractivity contribution >= 4 is 0 Å². The van der Waals surface area contributed by atoms with E-state index in [1.165, 1.54) is 0 Å². The van der Waals surface area contributed by atoms with Crippen LogP contribution >= 0.6 is 0 Å². The van der Waals surface area contributed by atoms with Gasteiger partial charge in [-0.25, -0.2) is 0 Å². The average Bonchev–Trinajstić information content (AvgIpc) is 2.19. The van der Waals surface area contributed by atoms with Gasteiger partial charge in [-0.1, -0.05) is 34.1 Å². The van der Waals surface area contributed by atoms with E-state index < -0.39 is 0 Å². The molecule has 0 radical (unpaired) electrons. The number of aliphatic hydroxyl groups excluding tert-OH is 1. The molecule has 0 saturated heterocycles. The van der Waals surface area contributed by atoms with Crippen molar-refractivity contribution in [1.82, 2.24) is 0 Å². The van der Waals surface area contributed by atoms with Gasteiger partial charge in [-0.2, -0.15) is 0 Å². The van der Waals surface area contributed by atoms with E-state index in [4.69, 9.17) is 0 Å². The highest BCUT2D eigenvalue weighted by molar-refractivity contribution is 5.47. The average molecular weight is 222 g/mol. The van der Waals surface area contributed by atoms with Crippen molar-refractivity contribution in [2.75, 3.05) is 0 Å². The summed E-state index contributed by atoms with van der Waals surface area (Å²) >= 11 is 0. The van der Waals surface area contributed by atoms with Gasteiger partial charge in [-0.15, -0.1) is 0 Å². The first kappa shape index (κ1) is 13.0. The van der Waals surface area contributed by atoms with Crippen molar-refractivity contribution < 1.29 is 10.2 Å². The van der Waals surface area contributed by atoms with Gasteiger partial charge in [0.1, 0.15) is 5.75 Å². The summed E-state index contributed by atoms with van der Waals surface area (Å²) in [5.41, 5.74) is 2.64. The Morgan fingerprint density at radius 2 is 1.81 bits per heavy atom. The normalized spacial score (nSPS) is 11.8. The lowest BCUT2D eigenvalue weighted by atomic mass is 9.83. The number of aromatic hydroxyl groups is 1. The Bertz CT molecular complexity index is 362. The second-order valence-corrected chi connectivity index (χ2v) is 5.31. The Hall–Kier alpha value is -1.02. The predicted octanol–water partition coefficient (Wildman–Crippen LogP) is 3.13. The van der Waals surface area contributed by atoms with Crippen molar-refractivity contribution in [1.29, 1.82) is 0 Å². The maximum absolute atomic E-state index is 10.2. The van der Waals surface area contributed by atoms with E-state index in [1.807, 2.05) is 12.1 Å². The number of benzene rings is 1. The molecule has 0 heterocycles. The molecule has 16 heavy (non-hydrogen) atoms. The molecule has 0 aliphatic carbocycles. The number of phenols is 1. The fourth-order valence-corrected chi connectivity index (χ4v) is 1.88. The van der Waals surface area contributed by atoms with E-state index in [0.717, 1.165) is 29.5 Å². The first-order valence-electron chi connectivity index (χ1n) is 5.86. The van der Waals surface area contributed by atoms with Crippen LogP contribution in [0.4, 0.5) is 0 Å². The Kier molecular flexibility index (Phi) is 3.98. The van der Waals surface area contributed by atoms with Crippen LogP contribution in [0.25, 0.3) is 0 Å². The molecular weight excluding hydrogens is 200 g/mol. The molecule has 0 bridgehead atoms. The predicted molar refractivity (Wildman–Crippen MR) is 66.7 cm³/mol. The van der Waals surface area contributed by atoms with Crippen molar-refractivity contribution in [3.63, 3.8) is 0 Å². The Morgan fingerprint density at radius 3 is 2.25 bits per heavy atom. The quantitative estimate of drug-likeness (QED) is 0.825. The van der Waals surface area contributed by atoms with Gasteiger partial charge in [0.25, 0.3) is 0 Å². The van der Waals surface area contributed by atoms with Gasteiger partial charge in [-0.05, 0) is 40.7 Å². The van der Waals surface area contributed by atoms with E-state index in [2.05, 4.69) is 27.7 Å². The van der Waals surface area contributed by atoms with Gasteiger partial charge in [0.2, 0.25) is 0 Å². The van der Waals surface area contributed by atoms with Gasteiger partial charge in [0.15, 0.2) is 0 Å². The molecule has 0 amide bonds. The molecule has 90 valence electrons. The first-order valence-corrected chi connectivity index (χ1v) is 5.86. The smallest absolute Gasteiger partial charge is 0.122 e. The fourth-order valence-electron chi connectivity index (χ4n) is 1.88. The molecule has 1 aromatic carbocycles. The molecule has 2 heteroatoms. The zero-order valence-electron chi connectivity index (χ0n) is 10.7. The molecule has 0 unspecified atom stereocenters. The van der Waals surface area contributed by atoms with Crippen LogP contribution in [-0.2, 0) is 18.4 Å². The number of hydrogen-bond donors (Lipinski definition) is 2. The van der Waals surface area contributed by atoms with Gasteiger partial charge in [0.05, 0.1) is 6.61 Å². The molecule has 2 nitrogen and oxygen atoms in total. The molecule has 0 aliphatic heterocycles. The maximum Gasteiger partial charge on any atom is 0.122 e. The number of aryl methyl sites for hydroxylation is 1. The molecular formula is C14H22O2. The third kappa shape index (κ3) is 2.76. The molecule has 0 spiro atoms. The lowest BCUT2D eigenvalue weighted by molar-refractivity contribution is 0.281. The van der Waals surface area contributed by atoms with E-state index in [1.54, 1.807) is 0 Å². The van der Waals surface area contributed by atoms with Crippen LogP contribution in [0.1, 0.15) is 50.8 Å². The third-order valence-electron chi connectivity index (χ3n) is 2.76. The third-order valence-corrected chi connectivity index (χ3v) is 2.76. The number of aliphatic hydroxyl groups is 1. The topological polar surface area (TPSA) is 40.5 Å². The van der Waals surface area contributed by atoms with E-state index in [0.29, 0.717) is 5.75 Å². The van der Waals surface area contributed by atoms with Crippen LogP contribution in [0, 0.1) is 0 Å². The molecule has 0 saturated carbocycles. The van der Waals surface area contributed by atoms with Crippen LogP contribution in [0.15, 0.2) is 12.1 Å². The van der Waals surface area contributed by atoms with Crippen molar-refractivity contribution in [3.8, 4) is 5.75 Å². The maximum atomic E-state index is 10.2. The van der Waals surface area contributed by atoms with Gasteiger partial charge in [0, 0.05) is 0 Å². The minimum absolute atomic E-state index is 0.0279. The lowest BCUT2D eigenvalue weighted by Gasteiger charge is -2.23. The largest absolute Gasteiger partial charge is 0.507 e. The van der Waals surface area contributed by atoms with Crippen LogP contribution in [-0.4, -0.2) is 10.2 Å². The number of hydrogen-bond acceptors (Lipinski definition) is 2. The van der Waals surface area contributed by atoms with Crippen molar-refractivity contribution in [2.45, 2.75) is 52.6 Å². The summed E-state index contributed by atoms with van der Waals surface area (Å²) in [4.78, 5) is 0. The van der Waals surface area contributed by atoms with Crippen LogP contribution < -0.4 is 0 Å². The molecule has 0 fully saturated rings. The Morgan fingerprint density at radius 1 is 1.19 bits per heavy atom. The minimum atomic E-state index is -0.0994. The molecule has 0 atom stereocenters. The molecule has 1 aromatic rings. The Labute approximate surface area is 97.9 Å². The SMILES string of the molecule is CCCc1cc(CO)cc(C(C)(C)C)c1O. The zero-order chi connectivity index (χ0) is 12.3. The van der Waals surface area contributed by atoms with Gasteiger partial charge >= 0.3 is 0 Å². The summed E-state index contributed by atoms with van der Waals surface area (Å²) in [6, 6.07) is 3.79. The monoisotopic (exact) mass is 222 g/mol. The fraction of sp³-hybridized carbons (Fsp3) is 0.571. The molecule has 0 aromatic heterocycles. The highest BCUT2D eigenvalue weighted by Crippen LogP contribution is 2.35. The summed E-state index contributed by atoms with van der Waals surface area (Å²) in [7, 11) is 0. The minimum Gasteiger partial charge on any atom is -0.507 e. The lowest BCUT2D eigenvalue weighted by Crippen LogP contribution is -2.13. The first-order chi connectivity index (χ1) is 7.40. The van der Waals surface area contributed by atoms with Crippen LogP contribution in [0.3, 0.4) is 0 Å². The van der Waals surface area contributed by atoms with E-state index in [-0.39, 0.29) is 12.0 Å². The summed E-state index contributed by atoms with van der Waals surface area (Å²) in [6.07, 6.45) is 1.84. The zero-order valence-corrected chi connectivity index (χ0v) is 10.7. The standard InChI is InChI=1S/C14H22O2/c1-5-6-11-7-10(9-15)8-12(13(11)16)14(2,3)4/h7-8,15-16H,5-6,9H2,1-4H3. The van der Waals surface area contributed by atoms with Gasteiger partial charge in [-0.3, -0.25) is 0 Å². The highest BCUT2D eigenvalue weighted by Gasteiger charge is 2.20. The van der Waals surface area contributed by atoms with Crippen molar-refractivity contribution in [2.24, 2.45) is 0 Å².